The molecule has 0 spiro atoms. The SMILES string of the molecule is CN(c1ccc2c(O)c(N=Nc3ccc4c(S(=O)(=O)O)cccc4c3S(=O)(=O)O)c(S(=O)(=O)O)cc2c1)c1nc(Cl)nc(Nc2ccc(/C=C/c3ccc(Nc4nc(Cl)nc(N(C)c5ccc6c(O)c(N=Nc7ccc8c(S(=O)(=O)O)cccc8c7S(=O)(=O)O)c(S(=O)(=O)O)cc6c5)n4)cc3S(=O)(=O)O)c(S(=O)(=O)O)c2)n1. The van der Waals surface area contributed by atoms with E-state index >= 15 is 0 Å². The summed E-state index contributed by atoms with van der Waals surface area (Å²) in [4.78, 5) is 20.1. The van der Waals surface area contributed by atoms with Gasteiger partial charge in [0.1, 0.15) is 61.9 Å². The van der Waals surface area contributed by atoms with Crippen molar-refractivity contribution in [1.82, 2.24) is 29.9 Å². The van der Waals surface area contributed by atoms with E-state index in [9.17, 15) is 114 Å². The summed E-state index contributed by atoms with van der Waals surface area (Å²) >= 11 is 12.7. The summed E-state index contributed by atoms with van der Waals surface area (Å²) in [6, 6.07) is 25.9. The van der Waals surface area contributed by atoms with Crippen LogP contribution in [0.4, 0.5) is 69.3 Å². The highest BCUT2D eigenvalue weighted by molar-refractivity contribution is 7.88. The van der Waals surface area contributed by atoms with Crippen molar-refractivity contribution in [2.24, 2.45) is 20.5 Å². The molecule has 0 aliphatic heterocycles. The summed E-state index contributed by atoms with van der Waals surface area (Å²) in [6.07, 6.45) is 2.13. The molecule has 0 saturated heterocycles. The Morgan fingerprint density at radius 1 is 0.348 bits per heavy atom. The minimum Gasteiger partial charge on any atom is -0.505 e. The van der Waals surface area contributed by atoms with E-state index in [1.165, 1.54) is 72.4 Å². The van der Waals surface area contributed by atoms with Crippen LogP contribution in [0.5, 0.6) is 11.5 Å². The molecule has 12 rings (SSSR count). The number of phenols is 2. The Bertz CT molecular complexity index is 6780. The number of hydrogen-bond acceptors (Lipinski definition) is 32. The molecule has 40 nitrogen and oxygen atoms in total. The number of nitrogens with zero attached hydrogens (tertiary/aromatic N) is 12. The Balaban J connectivity index is 0.775. The molecule has 12 aromatic rings. The van der Waals surface area contributed by atoms with Crippen LogP contribution in [0.1, 0.15) is 11.1 Å². The largest absolute Gasteiger partial charge is 0.505 e. The number of aromatic nitrogens is 6. The van der Waals surface area contributed by atoms with E-state index in [2.05, 4.69) is 61.0 Å². The highest BCUT2D eigenvalue weighted by Gasteiger charge is 2.30. The Morgan fingerprint density at radius 2 is 0.688 bits per heavy atom. The molecule has 2 heterocycles. The minimum atomic E-state index is -5.34. The fourth-order valence-electron chi connectivity index (χ4n) is 11.3. The predicted octanol–water partition coefficient (Wildman–Crippen LogP) is 11.4. The smallest absolute Gasteiger partial charge is 0.297 e. The van der Waals surface area contributed by atoms with Crippen LogP contribution in [0.3, 0.4) is 0 Å². The zero-order valence-corrected chi connectivity index (χ0v) is 63.4. The van der Waals surface area contributed by atoms with E-state index in [0.717, 1.165) is 109 Å². The van der Waals surface area contributed by atoms with Crippen molar-refractivity contribution < 1.29 is 114 Å². The van der Waals surface area contributed by atoms with Gasteiger partial charge in [0.2, 0.25) is 34.4 Å². The van der Waals surface area contributed by atoms with Crippen LogP contribution in [0.2, 0.25) is 10.6 Å². The van der Waals surface area contributed by atoms with E-state index < -0.39 is 176 Å². The molecule has 12 N–H and O–H groups in total. The molecule has 50 heteroatoms. The van der Waals surface area contributed by atoms with Gasteiger partial charge in [0.05, 0.1) is 0 Å². The average molecular weight is 1730 g/mol. The zero-order valence-electron chi connectivity index (χ0n) is 55.4. The lowest BCUT2D eigenvalue weighted by atomic mass is 10.1. The summed E-state index contributed by atoms with van der Waals surface area (Å²) in [6.45, 7) is 0. The number of benzene rings is 10. The van der Waals surface area contributed by atoms with E-state index in [1.807, 2.05) is 0 Å². The van der Waals surface area contributed by atoms with Gasteiger partial charge in [-0.2, -0.15) is 97.2 Å². The third kappa shape index (κ3) is 16.7. The van der Waals surface area contributed by atoms with E-state index in [1.54, 1.807) is 0 Å². The maximum Gasteiger partial charge on any atom is 0.297 e. The zero-order chi connectivity index (χ0) is 81.7. The van der Waals surface area contributed by atoms with Crippen LogP contribution < -0.4 is 20.4 Å². The molecule has 2 aromatic heterocycles. The van der Waals surface area contributed by atoms with Gasteiger partial charge in [0.15, 0.2) is 11.5 Å². The summed E-state index contributed by atoms with van der Waals surface area (Å²) in [5, 5.41) is 40.2. The summed E-state index contributed by atoms with van der Waals surface area (Å²) in [5.41, 5.74) is -3.80. The lowest BCUT2D eigenvalue weighted by molar-refractivity contribution is 0.471. The second-order valence-corrected chi connectivity index (χ2v) is 35.1. The number of aromatic hydroxyl groups is 2. The molecule has 112 heavy (non-hydrogen) atoms. The number of halogens is 2. The first-order valence-corrected chi connectivity index (χ1v) is 42.5. The van der Waals surface area contributed by atoms with E-state index in [4.69, 9.17) is 23.2 Å². The number of anilines is 8. The maximum absolute atomic E-state index is 13.0. The molecular weight excluding hydrogens is 1680 g/mol. The summed E-state index contributed by atoms with van der Waals surface area (Å²) in [5.74, 6) is -3.08. The van der Waals surface area contributed by atoms with Gasteiger partial charge >= 0.3 is 0 Å². The Labute approximate surface area is 640 Å². The third-order valence-corrected chi connectivity index (χ3v) is 23.8. The van der Waals surface area contributed by atoms with Gasteiger partial charge in [0, 0.05) is 69.2 Å². The highest BCUT2D eigenvalue weighted by Crippen LogP contribution is 2.47. The first-order chi connectivity index (χ1) is 52.0. The van der Waals surface area contributed by atoms with Crippen molar-refractivity contribution in [2.45, 2.75) is 39.2 Å². The minimum absolute atomic E-state index is 0.104. The van der Waals surface area contributed by atoms with Crippen LogP contribution in [0.25, 0.3) is 55.2 Å². The van der Waals surface area contributed by atoms with Gasteiger partial charge in [0.25, 0.3) is 80.9 Å². The number of azo groups is 2. The van der Waals surface area contributed by atoms with Crippen LogP contribution in [0.15, 0.2) is 205 Å². The van der Waals surface area contributed by atoms with E-state index in [0.29, 0.717) is 0 Å². The number of rotatable bonds is 22. The van der Waals surface area contributed by atoms with Crippen molar-refractivity contribution >= 4 is 229 Å². The van der Waals surface area contributed by atoms with Crippen LogP contribution in [-0.2, 0) is 80.9 Å². The first-order valence-electron chi connectivity index (χ1n) is 30.2. The third-order valence-electron chi connectivity index (χ3n) is 16.2. The molecular formula is C62H44Cl2N14O26S8. The van der Waals surface area contributed by atoms with Crippen molar-refractivity contribution in [3.05, 3.63) is 167 Å². The first kappa shape index (κ1) is 80.4. The number of hydrogen-bond donors (Lipinski definition) is 12. The van der Waals surface area contributed by atoms with E-state index in [-0.39, 0.29) is 90.0 Å². The molecule has 0 bridgehead atoms. The second-order valence-electron chi connectivity index (χ2n) is 23.3. The Hall–Kier alpha value is -11.1. The lowest BCUT2D eigenvalue weighted by Crippen LogP contribution is -2.15. The van der Waals surface area contributed by atoms with Crippen molar-refractivity contribution in [3.8, 4) is 11.5 Å². The van der Waals surface area contributed by atoms with Crippen molar-refractivity contribution in [2.75, 3.05) is 34.5 Å². The normalized spacial score (nSPS) is 13.0. The average Bonchev–Trinajstić information content (AvgIpc) is 0.699. The topological polar surface area (TPSA) is 633 Å². The van der Waals surface area contributed by atoms with Gasteiger partial charge in [-0.05, 0) is 142 Å². The van der Waals surface area contributed by atoms with Crippen LogP contribution in [-0.4, -0.2) is 158 Å². The molecule has 580 valence electrons. The maximum atomic E-state index is 13.0. The lowest BCUT2D eigenvalue weighted by Gasteiger charge is -2.19. The van der Waals surface area contributed by atoms with Crippen molar-refractivity contribution in [3.63, 3.8) is 0 Å². The molecule has 0 saturated carbocycles. The fourth-order valence-corrected chi connectivity index (χ4v) is 17.4. The highest BCUT2D eigenvalue weighted by atomic mass is 35.5. The summed E-state index contributed by atoms with van der Waals surface area (Å²) in [7, 11) is -38.7. The Kier molecular flexibility index (Phi) is 20.9. The molecule has 0 atom stereocenters. The van der Waals surface area contributed by atoms with Gasteiger partial charge in [-0.15, -0.1) is 20.5 Å². The van der Waals surface area contributed by atoms with Crippen LogP contribution >= 0.6 is 23.2 Å². The quantitative estimate of drug-likeness (QED) is 0.0170. The van der Waals surface area contributed by atoms with Crippen molar-refractivity contribution in [1.29, 1.82) is 0 Å². The number of phenolic OH excluding ortho intramolecular Hbond substituents is 2. The standard InChI is InChI=1S/C62H44Cl2N14O26S8/c1-77(35-15-17-37-31(23-35)25-49(109(93,94)95)51(53(37)79)75-73-43-21-19-39-41(55(43)111(99,100)101)5-3-7-45(39)105(81,82)83)61-69-57(63)67-59(71-61)65-33-13-11-29(47(27-33)107(87,88)89)9-10-30-12-14-34(28-48(30)108(90,91)92)66-60-68-58(64)70-62(72-60)78(2)36-16-18-38-32(24-36)26-50(110(96,97)98)52(54(38)80)76-74-44-22-20-40-42(56(44)112(102,103)104)6-4-8-46(40)106(84,85)86/h3-28,79-80H,1-2H3,(H,81,82,83)(H,84,85,86)(H,87,88,89)(H,90,91,92)(H,93,94,95)(H,96,97,98)(H,99,100,101)(H,102,103,104)(H,65,67,69,71)(H,66,68,70,72)/b10-9+,75-73?,76-74?. The van der Waals surface area contributed by atoms with Crippen LogP contribution in [0, 0.1) is 0 Å². The molecule has 10 aromatic carbocycles. The molecule has 0 radical (unpaired) electrons. The van der Waals surface area contributed by atoms with Gasteiger partial charge < -0.3 is 30.6 Å². The molecule has 0 aliphatic carbocycles. The fraction of sp³-hybridized carbons (Fsp3) is 0.0323. The summed E-state index contributed by atoms with van der Waals surface area (Å²) < 4.78 is 284. The number of fused-ring (bicyclic) bond motifs is 4. The van der Waals surface area contributed by atoms with Gasteiger partial charge in [-0.1, -0.05) is 60.7 Å². The van der Waals surface area contributed by atoms with Gasteiger partial charge in [-0.3, -0.25) is 36.4 Å². The second kappa shape index (κ2) is 29.2. The molecule has 0 amide bonds. The van der Waals surface area contributed by atoms with Gasteiger partial charge in [-0.25, -0.2) is 0 Å². The molecule has 0 unspecified atom stereocenters. The number of nitrogens with one attached hydrogen (secondary N) is 2. The Morgan fingerprint density at radius 3 is 1.02 bits per heavy atom. The monoisotopic (exact) mass is 1730 g/mol. The molecule has 0 aliphatic rings. The molecule has 0 fully saturated rings. The predicted molar refractivity (Wildman–Crippen MR) is 400 cm³/mol.